The molecule has 1 heterocycles. The van der Waals surface area contributed by atoms with Crippen LogP contribution in [0, 0.1) is 5.92 Å². The third kappa shape index (κ3) is 7.85. The molecule has 3 rings (SSSR count). The molecule has 26 heavy (non-hydrogen) atoms. The first-order valence-corrected chi connectivity index (χ1v) is 8.06. The van der Waals surface area contributed by atoms with E-state index in [-0.39, 0.29) is 5.48 Å². The van der Waals surface area contributed by atoms with Gasteiger partial charge in [0.2, 0.25) is 0 Å². The normalized spacial score (nSPS) is 17.5. The Hall–Kier alpha value is -2.80. The zero-order valence-corrected chi connectivity index (χ0v) is 15.2. The number of allylic oxidation sites excluding steroid dienone is 1. The molecule has 0 aromatic heterocycles. The smallest absolute Gasteiger partial charge is 0.145 e. The number of hydrazone groups is 1. The Kier molecular flexibility index (Phi) is 12.0. The zero-order chi connectivity index (χ0) is 18.5. The lowest BCUT2D eigenvalue weighted by Crippen LogP contribution is -2.15. The van der Waals surface area contributed by atoms with Crippen LogP contribution >= 0.6 is 0 Å². The molecule has 6 nitrogen and oxygen atoms in total. The van der Waals surface area contributed by atoms with Crippen molar-refractivity contribution in [1.29, 1.82) is 0 Å². The van der Waals surface area contributed by atoms with Crippen molar-refractivity contribution in [2.45, 2.75) is 19.9 Å². The Labute approximate surface area is 154 Å². The summed E-state index contributed by atoms with van der Waals surface area (Å²) >= 11 is 0. The fourth-order valence-electron chi connectivity index (χ4n) is 2.33. The SMILES string of the molecule is C/C(C=O)=C\c1ccccc1.CC1C=NNC1c1ccccc1.NN.O. The molecule has 0 saturated carbocycles. The number of hydrogen-bond acceptors (Lipinski definition) is 5. The number of hydrazine groups is 1. The van der Waals surface area contributed by atoms with Gasteiger partial charge in [-0.25, -0.2) is 0 Å². The van der Waals surface area contributed by atoms with Gasteiger partial charge in [-0.2, -0.15) is 5.10 Å². The van der Waals surface area contributed by atoms with Crippen LogP contribution in [0.15, 0.2) is 71.3 Å². The number of benzene rings is 2. The topological polar surface area (TPSA) is 125 Å². The van der Waals surface area contributed by atoms with E-state index in [9.17, 15) is 4.79 Å². The molecule has 0 amide bonds. The lowest BCUT2D eigenvalue weighted by atomic mass is 9.97. The van der Waals surface area contributed by atoms with Gasteiger partial charge < -0.3 is 10.9 Å². The minimum Gasteiger partial charge on any atom is -0.412 e. The lowest BCUT2D eigenvalue weighted by Gasteiger charge is -2.14. The Morgan fingerprint density at radius 3 is 2.04 bits per heavy atom. The Balaban J connectivity index is 0.000000426. The Bertz CT molecular complexity index is 673. The predicted octanol–water partition coefficient (Wildman–Crippen LogP) is 2.24. The van der Waals surface area contributed by atoms with Gasteiger partial charge in [0.25, 0.3) is 0 Å². The molecule has 2 aromatic rings. The summed E-state index contributed by atoms with van der Waals surface area (Å²) in [7, 11) is 0. The van der Waals surface area contributed by atoms with Gasteiger partial charge in [-0.15, -0.1) is 0 Å². The summed E-state index contributed by atoms with van der Waals surface area (Å²) in [4.78, 5) is 10.2. The second-order valence-electron chi connectivity index (χ2n) is 5.57. The van der Waals surface area contributed by atoms with E-state index in [1.165, 1.54) is 5.56 Å². The first kappa shape index (κ1) is 23.2. The van der Waals surface area contributed by atoms with Gasteiger partial charge >= 0.3 is 0 Å². The van der Waals surface area contributed by atoms with Gasteiger partial charge in [0, 0.05) is 12.1 Å². The summed E-state index contributed by atoms with van der Waals surface area (Å²) in [5.41, 5.74) is 6.21. The van der Waals surface area contributed by atoms with Crippen molar-refractivity contribution in [2.75, 3.05) is 0 Å². The van der Waals surface area contributed by atoms with Crippen LogP contribution in [0.25, 0.3) is 6.08 Å². The van der Waals surface area contributed by atoms with E-state index in [4.69, 9.17) is 0 Å². The summed E-state index contributed by atoms with van der Waals surface area (Å²) in [5.74, 6) is 8.49. The maximum atomic E-state index is 10.2. The highest BCUT2D eigenvalue weighted by Crippen LogP contribution is 2.23. The average Bonchev–Trinajstić information content (AvgIpc) is 3.11. The van der Waals surface area contributed by atoms with Gasteiger partial charge in [-0.3, -0.25) is 16.5 Å². The molecule has 0 spiro atoms. The van der Waals surface area contributed by atoms with Crippen molar-refractivity contribution in [1.82, 2.24) is 5.43 Å². The number of aldehydes is 1. The van der Waals surface area contributed by atoms with Crippen LogP contribution in [0.1, 0.15) is 31.0 Å². The van der Waals surface area contributed by atoms with Crippen LogP contribution in [-0.4, -0.2) is 18.0 Å². The molecule has 0 aliphatic carbocycles. The predicted molar refractivity (Wildman–Crippen MR) is 108 cm³/mol. The van der Waals surface area contributed by atoms with Gasteiger partial charge in [0.15, 0.2) is 0 Å². The molecule has 7 N–H and O–H groups in total. The monoisotopic (exact) mass is 356 g/mol. The minimum absolute atomic E-state index is 0. The van der Waals surface area contributed by atoms with Gasteiger partial charge in [0.1, 0.15) is 6.29 Å². The van der Waals surface area contributed by atoms with Crippen LogP contribution in [0.4, 0.5) is 0 Å². The van der Waals surface area contributed by atoms with Crippen molar-refractivity contribution in [3.8, 4) is 0 Å². The van der Waals surface area contributed by atoms with Crippen molar-refractivity contribution >= 4 is 18.6 Å². The van der Waals surface area contributed by atoms with Crippen molar-refractivity contribution in [3.63, 3.8) is 0 Å². The molecule has 2 atom stereocenters. The molecule has 2 unspecified atom stereocenters. The molecular formula is C20H28N4O2. The highest BCUT2D eigenvalue weighted by atomic mass is 16.1. The molecular weight excluding hydrogens is 328 g/mol. The lowest BCUT2D eigenvalue weighted by molar-refractivity contribution is -0.104. The van der Waals surface area contributed by atoms with Crippen molar-refractivity contribution in [3.05, 3.63) is 77.4 Å². The van der Waals surface area contributed by atoms with Crippen LogP contribution in [0.5, 0.6) is 0 Å². The summed E-state index contributed by atoms with van der Waals surface area (Å²) in [6, 6.07) is 20.5. The number of nitrogens with one attached hydrogen (secondary N) is 1. The van der Waals surface area contributed by atoms with E-state index in [1.54, 1.807) is 6.92 Å². The molecule has 0 saturated heterocycles. The summed E-state index contributed by atoms with van der Waals surface area (Å²) in [6.07, 6.45) is 4.66. The molecule has 6 heteroatoms. The van der Waals surface area contributed by atoms with E-state index in [0.29, 0.717) is 12.0 Å². The molecule has 140 valence electrons. The molecule has 0 bridgehead atoms. The molecule has 1 aliphatic rings. The maximum absolute atomic E-state index is 10.2. The van der Waals surface area contributed by atoms with Gasteiger partial charge in [-0.05, 0) is 29.7 Å². The van der Waals surface area contributed by atoms with Crippen LogP contribution in [-0.2, 0) is 4.79 Å². The number of hydrogen-bond donors (Lipinski definition) is 3. The first-order valence-electron chi connectivity index (χ1n) is 8.06. The summed E-state index contributed by atoms with van der Waals surface area (Å²) in [5, 5.41) is 4.05. The van der Waals surface area contributed by atoms with Crippen LogP contribution < -0.4 is 17.1 Å². The number of nitrogens with two attached hydrogens (primary N) is 2. The summed E-state index contributed by atoms with van der Waals surface area (Å²) < 4.78 is 0. The summed E-state index contributed by atoms with van der Waals surface area (Å²) in [6.45, 7) is 3.96. The molecule has 0 fully saturated rings. The third-order valence-electron chi connectivity index (χ3n) is 3.59. The molecule has 2 aromatic carbocycles. The van der Waals surface area contributed by atoms with Crippen molar-refractivity contribution in [2.24, 2.45) is 22.7 Å². The fourth-order valence-corrected chi connectivity index (χ4v) is 2.33. The number of carbonyl (C=O) groups is 1. The van der Waals surface area contributed by atoms with Gasteiger partial charge in [0.05, 0.1) is 6.04 Å². The van der Waals surface area contributed by atoms with Crippen LogP contribution in [0.3, 0.4) is 0 Å². The second-order valence-corrected chi connectivity index (χ2v) is 5.57. The maximum Gasteiger partial charge on any atom is 0.145 e. The third-order valence-corrected chi connectivity index (χ3v) is 3.59. The number of rotatable bonds is 3. The Morgan fingerprint density at radius 1 is 1.04 bits per heavy atom. The minimum atomic E-state index is 0. The highest BCUT2D eigenvalue weighted by molar-refractivity contribution is 5.80. The molecule has 1 aliphatic heterocycles. The number of nitrogens with zero attached hydrogens (tertiary/aromatic N) is 1. The highest BCUT2D eigenvalue weighted by Gasteiger charge is 2.20. The second kappa shape index (κ2) is 13.5. The van der Waals surface area contributed by atoms with E-state index >= 15 is 0 Å². The van der Waals surface area contributed by atoms with Gasteiger partial charge in [-0.1, -0.05) is 67.6 Å². The van der Waals surface area contributed by atoms with E-state index in [0.717, 1.165) is 17.4 Å². The van der Waals surface area contributed by atoms with Crippen LogP contribution in [0.2, 0.25) is 0 Å². The standard InChI is InChI=1S/C10H12N2.C10H10O.H4N2.H2O/c1-8-7-11-12-10(8)9-5-3-2-4-6-9;1-9(8-11)7-10-5-3-2-4-6-10;1-2;/h2-8,10,12H,1H3;2-8H,1H3;1-2H2;1H2/b;9-7+;;. The Morgan fingerprint density at radius 2 is 1.58 bits per heavy atom. The van der Waals surface area contributed by atoms with Crippen molar-refractivity contribution < 1.29 is 10.3 Å². The first-order chi connectivity index (χ1) is 12.2. The molecule has 0 radical (unpaired) electrons. The quantitative estimate of drug-likeness (QED) is 0.337. The number of carbonyl (C=O) groups excluding carboxylic acids is 1. The van der Waals surface area contributed by atoms with E-state index < -0.39 is 0 Å². The van der Waals surface area contributed by atoms with E-state index in [2.05, 4.69) is 53.4 Å². The average molecular weight is 356 g/mol. The fraction of sp³-hybridized carbons (Fsp3) is 0.200. The van der Waals surface area contributed by atoms with E-state index in [1.807, 2.05) is 48.7 Å². The zero-order valence-electron chi connectivity index (χ0n) is 15.2. The largest absolute Gasteiger partial charge is 0.412 e.